The molecule has 0 aliphatic heterocycles. The lowest BCUT2D eigenvalue weighted by molar-refractivity contribution is 0.606. The lowest BCUT2D eigenvalue weighted by atomic mass is 10.1. The van der Waals surface area contributed by atoms with Gasteiger partial charge in [0.2, 0.25) is 0 Å². The van der Waals surface area contributed by atoms with Gasteiger partial charge in [-0.25, -0.2) is 0 Å². The van der Waals surface area contributed by atoms with Crippen LogP contribution in [0.15, 0.2) is 23.8 Å². The molecule has 0 heterocycles. The van der Waals surface area contributed by atoms with Crippen molar-refractivity contribution in [2.75, 3.05) is 0 Å². The third-order valence-electron chi connectivity index (χ3n) is 1.76. The van der Waals surface area contributed by atoms with E-state index in [1.165, 1.54) is 18.4 Å². The molecule has 0 fully saturated rings. The molecule has 1 unspecified atom stereocenters. The molecule has 0 heteroatoms. The Balaban J connectivity index is 0.000000461. The van der Waals surface area contributed by atoms with Gasteiger partial charge < -0.3 is 0 Å². The first-order valence-corrected chi connectivity index (χ1v) is 4.62. The van der Waals surface area contributed by atoms with Crippen LogP contribution in [-0.4, -0.2) is 0 Å². The molecule has 1 atom stereocenters. The molecule has 0 N–H and O–H groups in total. The predicted octanol–water partition coefficient (Wildman–Crippen LogP) is 3.95. The number of hydrogen-bond acceptors (Lipinski definition) is 0. The molecule has 64 valence electrons. The van der Waals surface area contributed by atoms with Gasteiger partial charge >= 0.3 is 0 Å². The Labute approximate surface area is 71.0 Å². The molecule has 1 aliphatic rings. The predicted molar refractivity (Wildman–Crippen MR) is 52.6 cm³/mol. The molecule has 0 aromatic carbocycles. The largest absolute Gasteiger partial charge is 0.0840 e. The van der Waals surface area contributed by atoms with Crippen molar-refractivity contribution < 1.29 is 0 Å². The molecule has 0 bridgehead atoms. The minimum absolute atomic E-state index is 0.846. The summed E-state index contributed by atoms with van der Waals surface area (Å²) in [5.74, 6) is 0.846. The minimum Gasteiger partial charge on any atom is -0.0840 e. The van der Waals surface area contributed by atoms with Crippen molar-refractivity contribution in [2.24, 2.45) is 5.92 Å². The maximum Gasteiger partial charge on any atom is -0.0316 e. The number of allylic oxidation sites excluding steroid dienone is 4. The Morgan fingerprint density at radius 1 is 1.27 bits per heavy atom. The van der Waals surface area contributed by atoms with E-state index in [2.05, 4.69) is 32.1 Å². The fourth-order valence-corrected chi connectivity index (χ4v) is 1.04. The van der Waals surface area contributed by atoms with Gasteiger partial charge in [0.05, 0.1) is 0 Å². The van der Waals surface area contributed by atoms with Crippen molar-refractivity contribution in [3.8, 4) is 0 Å². The van der Waals surface area contributed by atoms with Crippen LogP contribution in [0.3, 0.4) is 0 Å². The molecule has 0 aromatic rings. The average Bonchev–Trinajstić information content (AvgIpc) is 2.20. The zero-order valence-corrected chi connectivity index (χ0v) is 8.22. The van der Waals surface area contributed by atoms with E-state index in [1.807, 2.05) is 13.8 Å². The summed E-state index contributed by atoms with van der Waals surface area (Å²) < 4.78 is 0. The molecule has 0 saturated heterocycles. The van der Waals surface area contributed by atoms with E-state index in [1.54, 1.807) is 0 Å². The SMILES string of the molecule is CC.CC1=CCC(C)CC=C1. The zero-order chi connectivity index (χ0) is 8.69. The summed E-state index contributed by atoms with van der Waals surface area (Å²) in [7, 11) is 0. The Kier molecular flexibility index (Phi) is 5.91. The van der Waals surface area contributed by atoms with E-state index in [9.17, 15) is 0 Å². The van der Waals surface area contributed by atoms with E-state index in [0.29, 0.717) is 0 Å². The fraction of sp³-hybridized carbons (Fsp3) is 0.636. The van der Waals surface area contributed by atoms with Crippen molar-refractivity contribution in [1.29, 1.82) is 0 Å². The van der Waals surface area contributed by atoms with E-state index in [0.717, 1.165) is 5.92 Å². The van der Waals surface area contributed by atoms with Crippen molar-refractivity contribution in [1.82, 2.24) is 0 Å². The second kappa shape index (κ2) is 6.21. The monoisotopic (exact) mass is 152 g/mol. The van der Waals surface area contributed by atoms with E-state index in [4.69, 9.17) is 0 Å². The first kappa shape index (κ1) is 10.5. The van der Waals surface area contributed by atoms with Gasteiger partial charge in [0.15, 0.2) is 0 Å². The maximum atomic E-state index is 2.31. The van der Waals surface area contributed by atoms with Crippen molar-refractivity contribution in [2.45, 2.75) is 40.5 Å². The second-order valence-corrected chi connectivity index (χ2v) is 2.93. The van der Waals surface area contributed by atoms with Crippen LogP contribution in [0.25, 0.3) is 0 Å². The Morgan fingerprint density at radius 2 is 1.91 bits per heavy atom. The summed E-state index contributed by atoms with van der Waals surface area (Å²) in [6.45, 7) is 8.45. The van der Waals surface area contributed by atoms with Crippen molar-refractivity contribution >= 4 is 0 Å². The Bertz CT molecular complexity index is 140. The van der Waals surface area contributed by atoms with Gasteiger partial charge in [0.25, 0.3) is 0 Å². The first-order chi connectivity index (χ1) is 5.29. The highest BCUT2D eigenvalue weighted by molar-refractivity contribution is 5.17. The lowest BCUT2D eigenvalue weighted by Crippen LogP contribution is -1.86. The maximum absolute atomic E-state index is 2.31. The summed E-state index contributed by atoms with van der Waals surface area (Å²) in [6, 6.07) is 0. The van der Waals surface area contributed by atoms with Gasteiger partial charge in [0, 0.05) is 0 Å². The second-order valence-electron chi connectivity index (χ2n) is 2.93. The highest BCUT2D eigenvalue weighted by atomic mass is 14.0. The summed E-state index contributed by atoms with van der Waals surface area (Å²) in [5, 5.41) is 0. The van der Waals surface area contributed by atoms with E-state index >= 15 is 0 Å². The molecule has 0 aromatic heterocycles. The molecular formula is C11H20. The third kappa shape index (κ3) is 4.83. The van der Waals surface area contributed by atoms with Crippen LogP contribution >= 0.6 is 0 Å². The first-order valence-electron chi connectivity index (χ1n) is 4.62. The quantitative estimate of drug-likeness (QED) is 0.493. The number of rotatable bonds is 0. The van der Waals surface area contributed by atoms with Gasteiger partial charge in [-0.1, -0.05) is 44.6 Å². The summed E-state index contributed by atoms with van der Waals surface area (Å²) >= 11 is 0. The molecule has 0 saturated carbocycles. The van der Waals surface area contributed by atoms with Crippen LogP contribution in [0.1, 0.15) is 40.5 Å². The summed E-state index contributed by atoms with van der Waals surface area (Å²) in [6.07, 6.45) is 9.29. The molecule has 0 spiro atoms. The van der Waals surface area contributed by atoms with Crippen LogP contribution in [0.4, 0.5) is 0 Å². The molecule has 0 amide bonds. The topological polar surface area (TPSA) is 0 Å². The molecule has 11 heavy (non-hydrogen) atoms. The van der Waals surface area contributed by atoms with Gasteiger partial charge in [-0.3, -0.25) is 0 Å². The zero-order valence-electron chi connectivity index (χ0n) is 8.22. The van der Waals surface area contributed by atoms with Crippen LogP contribution in [0.5, 0.6) is 0 Å². The molecular weight excluding hydrogens is 132 g/mol. The number of hydrogen-bond donors (Lipinski definition) is 0. The Morgan fingerprint density at radius 3 is 2.55 bits per heavy atom. The Hall–Kier alpha value is -0.520. The van der Waals surface area contributed by atoms with Crippen LogP contribution in [0.2, 0.25) is 0 Å². The normalized spacial score (nSPS) is 22.9. The molecule has 0 nitrogen and oxygen atoms in total. The van der Waals surface area contributed by atoms with Crippen LogP contribution < -0.4 is 0 Å². The highest BCUT2D eigenvalue weighted by Gasteiger charge is 1.99. The molecule has 1 aliphatic carbocycles. The lowest BCUT2D eigenvalue weighted by Gasteiger charge is -2.00. The van der Waals surface area contributed by atoms with Gasteiger partial charge in [-0.2, -0.15) is 0 Å². The van der Waals surface area contributed by atoms with E-state index in [-0.39, 0.29) is 0 Å². The smallest absolute Gasteiger partial charge is 0.0316 e. The van der Waals surface area contributed by atoms with Crippen molar-refractivity contribution in [3.63, 3.8) is 0 Å². The van der Waals surface area contributed by atoms with Gasteiger partial charge in [-0.05, 0) is 25.7 Å². The summed E-state index contributed by atoms with van der Waals surface area (Å²) in [4.78, 5) is 0. The molecule has 1 rings (SSSR count). The standard InChI is InChI=1S/C9H14.C2H6/c1-8-4-3-5-9(2)7-6-8;1-2/h3-4,6,9H,5,7H2,1-2H3;1-2H3. The minimum atomic E-state index is 0.846. The fourth-order valence-electron chi connectivity index (χ4n) is 1.04. The summed E-state index contributed by atoms with van der Waals surface area (Å²) in [5.41, 5.74) is 1.42. The van der Waals surface area contributed by atoms with Crippen LogP contribution in [0, 0.1) is 5.92 Å². The third-order valence-corrected chi connectivity index (χ3v) is 1.76. The van der Waals surface area contributed by atoms with E-state index < -0.39 is 0 Å². The van der Waals surface area contributed by atoms with Crippen molar-refractivity contribution in [3.05, 3.63) is 23.8 Å². The average molecular weight is 152 g/mol. The van der Waals surface area contributed by atoms with Gasteiger partial charge in [0.1, 0.15) is 0 Å². The van der Waals surface area contributed by atoms with Gasteiger partial charge in [-0.15, -0.1) is 0 Å². The molecule has 0 radical (unpaired) electrons. The highest BCUT2D eigenvalue weighted by Crippen LogP contribution is 2.15. The van der Waals surface area contributed by atoms with Crippen LogP contribution in [-0.2, 0) is 0 Å².